The highest BCUT2D eigenvalue weighted by atomic mass is 32.2. The molecule has 1 aliphatic rings. The highest BCUT2D eigenvalue weighted by molar-refractivity contribution is 7.89. The van der Waals surface area contributed by atoms with E-state index in [1.807, 2.05) is 6.92 Å². The third kappa shape index (κ3) is 3.91. The zero-order chi connectivity index (χ0) is 14.8. The Balaban J connectivity index is 2.14. The average molecular weight is 295 g/mol. The molecule has 0 saturated heterocycles. The molecule has 5 nitrogen and oxygen atoms in total. The third-order valence-electron chi connectivity index (χ3n) is 3.38. The Morgan fingerprint density at radius 3 is 2.75 bits per heavy atom. The lowest BCUT2D eigenvalue weighted by molar-refractivity contribution is -0.131. The molecular formula is C14H17NO4S. The summed E-state index contributed by atoms with van der Waals surface area (Å²) in [5.74, 6) is -1.07. The lowest BCUT2D eigenvalue weighted by Gasteiger charge is -2.11. The number of nitrogens with one attached hydrogen (secondary N) is 1. The van der Waals surface area contributed by atoms with Gasteiger partial charge in [0.05, 0.1) is 4.90 Å². The first-order valence-electron chi connectivity index (χ1n) is 6.32. The van der Waals surface area contributed by atoms with Crippen LogP contribution in [0.2, 0.25) is 0 Å². The highest BCUT2D eigenvalue weighted by Gasteiger charge is 2.38. The standard InChI is InChI=1S/C14H17NO4S/c1-14(7-8-14)10-15-20(18,19)12-4-2-3-11(9-12)5-6-13(16)17/h2-6,9,15H,7-8,10H2,1H3,(H,16,17)/b6-5+. The summed E-state index contributed by atoms with van der Waals surface area (Å²) in [5, 5.41) is 8.57. The van der Waals surface area contributed by atoms with E-state index < -0.39 is 16.0 Å². The van der Waals surface area contributed by atoms with E-state index in [1.165, 1.54) is 18.2 Å². The van der Waals surface area contributed by atoms with Crippen molar-refractivity contribution in [1.82, 2.24) is 4.72 Å². The minimum Gasteiger partial charge on any atom is -0.478 e. The maximum atomic E-state index is 12.1. The topological polar surface area (TPSA) is 83.5 Å². The summed E-state index contributed by atoms with van der Waals surface area (Å²) in [5.41, 5.74) is 0.626. The molecule has 0 aromatic heterocycles. The molecule has 0 heterocycles. The van der Waals surface area contributed by atoms with Crippen LogP contribution in [0.15, 0.2) is 35.2 Å². The molecule has 0 spiro atoms. The second-order valence-corrected chi connectivity index (χ2v) is 7.15. The molecule has 1 aromatic rings. The van der Waals surface area contributed by atoms with E-state index in [9.17, 15) is 13.2 Å². The van der Waals surface area contributed by atoms with Crippen molar-refractivity contribution in [2.24, 2.45) is 5.41 Å². The van der Waals surface area contributed by atoms with Gasteiger partial charge in [0.25, 0.3) is 0 Å². The van der Waals surface area contributed by atoms with Gasteiger partial charge in [-0.1, -0.05) is 19.1 Å². The van der Waals surface area contributed by atoms with Gasteiger partial charge in [-0.15, -0.1) is 0 Å². The molecule has 0 bridgehead atoms. The van der Waals surface area contributed by atoms with Crippen LogP contribution in [0, 0.1) is 5.41 Å². The van der Waals surface area contributed by atoms with Crippen molar-refractivity contribution in [3.8, 4) is 0 Å². The van der Waals surface area contributed by atoms with E-state index >= 15 is 0 Å². The summed E-state index contributed by atoms with van der Waals surface area (Å²) in [6.45, 7) is 2.48. The second kappa shape index (κ2) is 5.38. The van der Waals surface area contributed by atoms with Crippen molar-refractivity contribution in [1.29, 1.82) is 0 Å². The Labute approximate surface area is 118 Å². The van der Waals surface area contributed by atoms with Crippen molar-refractivity contribution in [3.63, 3.8) is 0 Å². The number of sulfonamides is 1. The maximum Gasteiger partial charge on any atom is 0.328 e. The SMILES string of the molecule is CC1(CNS(=O)(=O)c2cccc(/C=C/C(=O)O)c2)CC1. The molecule has 2 N–H and O–H groups in total. The van der Waals surface area contributed by atoms with E-state index in [4.69, 9.17) is 5.11 Å². The summed E-state index contributed by atoms with van der Waals surface area (Å²) in [6.07, 6.45) is 4.42. The fourth-order valence-corrected chi connectivity index (χ4v) is 2.95. The number of carboxylic acid groups (broad SMARTS) is 1. The van der Waals surface area contributed by atoms with Crippen LogP contribution in [0.3, 0.4) is 0 Å². The van der Waals surface area contributed by atoms with Gasteiger partial charge in [-0.25, -0.2) is 17.9 Å². The van der Waals surface area contributed by atoms with E-state index in [1.54, 1.807) is 12.1 Å². The molecule has 2 rings (SSSR count). The van der Waals surface area contributed by atoms with Gasteiger partial charge in [-0.05, 0) is 42.0 Å². The summed E-state index contributed by atoms with van der Waals surface area (Å²) >= 11 is 0. The first-order valence-corrected chi connectivity index (χ1v) is 7.80. The monoisotopic (exact) mass is 295 g/mol. The fourth-order valence-electron chi connectivity index (χ4n) is 1.70. The maximum absolute atomic E-state index is 12.1. The Morgan fingerprint density at radius 2 is 2.15 bits per heavy atom. The number of hydrogen-bond acceptors (Lipinski definition) is 3. The Hall–Kier alpha value is -1.66. The number of carboxylic acids is 1. The van der Waals surface area contributed by atoms with Crippen LogP contribution in [0.25, 0.3) is 6.08 Å². The molecule has 20 heavy (non-hydrogen) atoms. The van der Waals surface area contributed by atoms with Gasteiger partial charge in [-0.2, -0.15) is 0 Å². The lowest BCUT2D eigenvalue weighted by Crippen LogP contribution is -2.29. The summed E-state index contributed by atoms with van der Waals surface area (Å²) in [6, 6.07) is 6.20. The van der Waals surface area contributed by atoms with Crippen LogP contribution < -0.4 is 4.72 Å². The van der Waals surface area contributed by atoms with Gasteiger partial charge in [0.2, 0.25) is 10.0 Å². The number of carbonyl (C=O) groups is 1. The van der Waals surface area contributed by atoms with Crippen molar-refractivity contribution in [2.45, 2.75) is 24.7 Å². The Morgan fingerprint density at radius 1 is 1.45 bits per heavy atom. The van der Waals surface area contributed by atoms with Crippen molar-refractivity contribution in [3.05, 3.63) is 35.9 Å². The fraction of sp³-hybridized carbons (Fsp3) is 0.357. The van der Waals surface area contributed by atoms with E-state index in [2.05, 4.69) is 4.72 Å². The molecule has 6 heteroatoms. The molecule has 0 atom stereocenters. The van der Waals surface area contributed by atoms with Crippen LogP contribution in [0.1, 0.15) is 25.3 Å². The predicted octanol–water partition coefficient (Wildman–Crippen LogP) is 1.86. The number of benzene rings is 1. The number of rotatable bonds is 6. The molecule has 1 fully saturated rings. The summed E-state index contributed by atoms with van der Waals surface area (Å²) in [4.78, 5) is 10.6. The van der Waals surface area contributed by atoms with Gasteiger partial charge in [0, 0.05) is 12.6 Å². The smallest absolute Gasteiger partial charge is 0.328 e. The summed E-state index contributed by atoms with van der Waals surface area (Å²) in [7, 11) is -3.55. The molecule has 0 unspecified atom stereocenters. The first-order chi connectivity index (χ1) is 9.31. The third-order valence-corrected chi connectivity index (χ3v) is 4.78. The normalized spacial score (nSPS) is 17.2. The number of aliphatic carboxylic acids is 1. The van der Waals surface area contributed by atoms with Gasteiger partial charge in [-0.3, -0.25) is 0 Å². The minimum absolute atomic E-state index is 0.0912. The van der Waals surface area contributed by atoms with Crippen molar-refractivity contribution < 1.29 is 18.3 Å². The number of hydrogen-bond donors (Lipinski definition) is 2. The lowest BCUT2D eigenvalue weighted by atomic mass is 10.2. The molecule has 1 aliphatic carbocycles. The van der Waals surface area contributed by atoms with Gasteiger partial charge in [0.15, 0.2) is 0 Å². The van der Waals surface area contributed by atoms with Crippen molar-refractivity contribution in [2.75, 3.05) is 6.54 Å². The average Bonchev–Trinajstić information content (AvgIpc) is 3.13. The molecule has 1 aromatic carbocycles. The first kappa shape index (κ1) is 14.7. The van der Waals surface area contributed by atoms with Crippen LogP contribution in [-0.4, -0.2) is 26.0 Å². The van der Waals surface area contributed by atoms with Crippen LogP contribution in [0.4, 0.5) is 0 Å². The molecule has 0 amide bonds. The highest BCUT2D eigenvalue weighted by Crippen LogP contribution is 2.44. The van der Waals surface area contributed by atoms with Crippen LogP contribution in [-0.2, 0) is 14.8 Å². The van der Waals surface area contributed by atoms with E-state index in [0.717, 1.165) is 18.9 Å². The van der Waals surface area contributed by atoms with Gasteiger partial charge < -0.3 is 5.11 Å². The van der Waals surface area contributed by atoms with Crippen molar-refractivity contribution >= 4 is 22.1 Å². The largest absolute Gasteiger partial charge is 0.478 e. The van der Waals surface area contributed by atoms with E-state index in [0.29, 0.717) is 12.1 Å². The molecule has 1 saturated carbocycles. The van der Waals surface area contributed by atoms with E-state index in [-0.39, 0.29) is 10.3 Å². The minimum atomic E-state index is -3.55. The zero-order valence-corrected chi connectivity index (χ0v) is 12.0. The van der Waals surface area contributed by atoms with Gasteiger partial charge >= 0.3 is 5.97 Å². The summed E-state index contributed by atoms with van der Waals surface area (Å²) < 4.78 is 26.9. The Bertz CT molecular complexity index is 645. The zero-order valence-electron chi connectivity index (χ0n) is 11.2. The molecule has 0 radical (unpaired) electrons. The quantitative estimate of drug-likeness (QED) is 0.785. The van der Waals surface area contributed by atoms with Gasteiger partial charge in [0.1, 0.15) is 0 Å². The van der Waals surface area contributed by atoms with Crippen LogP contribution >= 0.6 is 0 Å². The molecule has 0 aliphatic heterocycles. The molecular weight excluding hydrogens is 278 g/mol. The van der Waals surface area contributed by atoms with Crippen LogP contribution in [0.5, 0.6) is 0 Å². The molecule has 108 valence electrons. The second-order valence-electron chi connectivity index (χ2n) is 5.38. The Kier molecular flexibility index (Phi) is 3.96. The predicted molar refractivity (Wildman–Crippen MR) is 75.6 cm³/mol.